The molecule has 0 aromatic heterocycles. The van der Waals surface area contributed by atoms with Gasteiger partial charge in [-0.15, -0.1) is 0 Å². The molecule has 0 bridgehead atoms. The Morgan fingerprint density at radius 1 is 0.973 bits per heavy atom. The van der Waals surface area contributed by atoms with Gasteiger partial charge in [-0.2, -0.15) is 4.31 Å². The Kier molecular flexibility index (Phi) is 7.08. The highest BCUT2D eigenvalue weighted by Gasteiger charge is 2.32. The Balaban J connectivity index is 1.21. The number of amides is 1. The van der Waals surface area contributed by atoms with Crippen molar-refractivity contribution >= 4 is 15.9 Å². The topological polar surface area (TPSA) is 94.2 Å². The second kappa shape index (κ2) is 10.4. The highest BCUT2D eigenvalue weighted by molar-refractivity contribution is 7.89. The standard InChI is InChI=1S/C28H30N2O6S/c1-34-25-16-19-12-14-30(18-20(19)17-26(25)35-2)37(32,33)15-7-13-29-28(31)27-21-8-3-5-10-23(21)36-24-11-6-4-9-22(24)27/h3-6,8-11,16-17,27H,7,12-15,18H2,1-2H3,(H,29,31). The highest BCUT2D eigenvalue weighted by Crippen LogP contribution is 2.43. The Morgan fingerprint density at radius 3 is 2.19 bits per heavy atom. The molecule has 9 heteroatoms. The van der Waals surface area contributed by atoms with E-state index in [4.69, 9.17) is 14.2 Å². The van der Waals surface area contributed by atoms with E-state index in [-0.39, 0.29) is 18.2 Å². The lowest BCUT2D eigenvalue weighted by atomic mass is 9.87. The van der Waals surface area contributed by atoms with Gasteiger partial charge in [0.1, 0.15) is 11.5 Å². The van der Waals surface area contributed by atoms with Gasteiger partial charge in [-0.25, -0.2) is 8.42 Å². The van der Waals surface area contributed by atoms with Gasteiger partial charge in [0.2, 0.25) is 15.9 Å². The molecule has 0 spiro atoms. The molecule has 2 aliphatic heterocycles. The smallest absolute Gasteiger partial charge is 0.232 e. The Hall–Kier alpha value is -3.56. The lowest BCUT2D eigenvalue weighted by Crippen LogP contribution is -2.38. The molecule has 0 atom stereocenters. The van der Waals surface area contributed by atoms with Crippen molar-refractivity contribution in [2.24, 2.45) is 0 Å². The predicted molar refractivity (Wildman–Crippen MR) is 140 cm³/mol. The number of carbonyl (C=O) groups excluding carboxylic acids is 1. The minimum Gasteiger partial charge on any atom is -0.493 e. The number of carbonyl (C=O) groups is 1. The number of nitrogens with one attached hydrogen (secondary N) is 1. The second-order valence-corrected chi connectivity index (χ2v) is 11.2. The second-order valence-electron chi connectivity index (χ2n) is 9.13. The lowest BCUT2D eigenvalue weighted by Gasteiger charge is -2.29. The molecule has 3 aromatic rings. The molecule has 0 saturated heterocycles. The third kappa shape index (κ3) is 5.01. The quantitative estimate of drug-likeness (QED) is 0.452. The third-order valence-corrected chi connectivity index (χ3v) is 8.80. The van der Waals surface area contributed by atoms with E-state index in [1.807, 2.05) is 60.7 Å². The molecule has 194 valence electrons. The number of hydrogen-bond acceptors (Lipinski definition) is 6. The summed E-state index contributed by atoms with van der Waals surface area (Å²) in [5.74, 6) is 1.81. The van der Waals surface area contributed by atoms with Crippen molar-refractivity contribution in [1.29, 1.82) is 0 Å². The van der Waals surface area contributed by atoms with Crippen LogP contribution in [0.25, 0.3) is 0 Å². The number of para-hydroxylation sites is 2. The van der Waals surface area contributed by atoms with E-state index >= 15 is 0 Å². The van der Waals surface area contributed by atoms with Gasteiger partial charge in [-0.05, 0) is 48.2 Å². The fourth-order valence-corrected chi connectivity index (χ4v) is 6.46. The SMILES string of the molecule is COc1cc2c(cc1OC)CN(S(=O)(=O)CCCNC(=O)C1c3ccccc3Oc3ccccc31)CC2. The Labute approximate surface area is 217 Å². The van der Waals surface area contributed by atoms with Gasteiger partial charge in [-0.3, -0.25) is 4.79 Å². The number of nitrogens with zero attached hydrogens (tertiary/aromatic N) is 1. The maximum Gasteiger partial charge on any atom is 0.232 e. The van der Waals surface area contributed by atoms with Crippen molar-refractivity contribution in [2.45, 2.75) is 25.3 Å². The number of fused-ring (bicyclic) bond motifs is 3. The molecule has 0 radical (unpaired) electrons. The number of sulfonamides is 1. The van der Waals surface area contributed by atoms with Gasteiger partial charge in [0.05, 0.1) is 25.9 Å². The van der Waals surface area contributed by atoms with Crippen LogP contribution in [0, 0.1) is 0 Å². The fraction of sp³-hybridized carbons (Fsp3) is 0.321. The van der Waals surface area contributed by atoms with Gasteiger partial charge >= 0.3 is 0 Å². The van der Waals surface area contributed by atoms with Crippen LogP contribution in [0.15, 0.2) is 60.7 Å². The zero-order valence-electron chi connectivity index (χ0n) is 20.9. The predicted octanol–water partition coefficient (Wildman–Crippen LogP) is 3.84. The van der Waals surface area contributed by atoms with E-state index in [0.29, 0.717) is 48.9 Å². The van der Waals surface area contributed by atoms with E-state index in [9.17, 15) is 13.2 Å². The molecule has 5 rings (SSSR count). The van der Waals surface area contributed by atoms with Gasteiger partial charge in [0.15, 0.2) is 11.5 Å². The molecule has 0 fully saturated rings. The summed E-state index contributed by atoms with van der Waals surface area (Å²) in [7, 11) is -0.343. The minimum absolute atomic E-state index is 0.0448. The Bertz CT molecular complexity index is 1380. The van der Waals surface area contributed by atoms with E-state index in [1.165, 1.54) is 4.31 Å². The maximum absolute atomic E-state index is 13.3. The monoisotopic (exact) mass is 522 g/mol. The third-order valence-electron chi connectivity index (χ3n) is 6.90. The summed E-state index contributed by atoms with van der Waals surface area (Å²) < 4.78 is 44.4. The molecule has 8 nitrogen and oxygen atoms in total. The summed E-state index contributed by atoms with van der Waals surface area (Å²) >= 11 is 0. The van der Waals surface area contributed by atoms with Crippen LogP contribution in [0.3, 0.4) is 0 Å². The molecule has 1 amide bonds. The number of rotatable bonds is 8. The minimum atomic E-state index is -3.49. The fourth-order valence-electron chi connectivity index (χ4n) is 4.98. The molecule has 37 heavy (non-hydrogen) atoms. The highest BCUT2D eigenvalue weighted by atomic mass is 32.2. The summed E-state index contributed by atoms with van der Waals surface area (Å²) in [6, 6.07) is 18.7. The van der Waals surface area contributed by atoms with Crippen LogP contribution >= 0.6 is 0 Å². The molecule has 0 aliphatic carbocycles. The maximum atomic E-state index is 13.3. The first kappa shape index (κ1) is 25.1. The first-order valence-electron chi connectivity index (χ1n) is 12.3. The number of hydrogen-bond donors (Lipinski definition) is 1. The van der Waals surface area contributed by atoms with Crippen molar-refractivity contribution < 1.29 is 27.4 Å². The summed E-state index contributed by atoms with van der Waals surface area (Å²) in [5.41, 5.74) is 3.57. The van der Waals surface area contributed by atoms with Crippen molar-refractivity contribution in [3.05, 3.63) is 82.9 Å². The van der Waals surface area contributed by atoms with E-state index in [1.54, 1.807) is 14.2 Å². The van der Waals surface area contributed by atoms with Gasteiger partial charge in [0.25, 0.3) is 0 Å². The van der Waals surface area contributed by atoms with Crippen molar-refractivity contribution in [1.82, 2.24) is 9.62 Å². The van der Waals surface area contributed by atoms with Crippen LogP contribution in [0.5, 0.6) is 23.0 Å². The Morgan fingerprint density at radius 2 is 1.57 bits per heavy atom. The average molecular weight is 523 g/mol. The summed E-state index contributed by atoms with van der Waals surface area (Å²) in [6.07, 6.45) is 0.921. The first-order valence-corrected chi connectivity index (χ1v) is 13.9. The molecule has 3 aromatic carbocycles. The van der Waals surface area contributed by atoms with Crippen LogP contribution in [0.2, 0.25) is 0 Å². The summed E-state index contributed by atoms with van der Waals surface area (Å²) in [5, 5.41) is 2.95. The van der Waals surface area contributed by atoms with Crippen LogP contribution < -0.4 is 19.5 Å². The molecular formula is C28H30N2O6S. The zero-order chi connectivity index (χ0) is 26.0. The van der Waals surface area contributed by atoms with Crippen LogP contribution in [0.1, 0.15) is 34.6 Å². The van der Waals surface area contributed by atoms with E-state index < -0.39 is 15.9 Å². The molecule has 2 heterocycles. The first-order chi connectivity index (χ1) is 17.9. The normalized spacial score (nSPS) is 15.1. The average Bonchev–Trinajstić information content (AvgIpc) is 2.92. The van der Waals surface area contributed by atoms with E-state index in [0.717, 1.165) is 22.3 Å². The molecule has 1 N–H and O–H groups in total. The summed E-state index contributed by atoms with van der Waals surface area (Å²) in [6.45, 7) is 0.960. The number of ether oxygens (including phenoxy) is 3. The van der Waals surface area contributed by atoms with Gasteiger partial charge in [0, 0.05) is 30.8 Å². The van der Waals surface area contributed by atoms with Crippen molar-refractivity contribution in [3.8, 4) is 23.0 Å². The number of methoxy groups -OCH3 is 2. The van der Waals surface area contributed by atoms with E-state index in [2.05, 4.69) is 5.32 Å². The van der Waals surface area contributed by atoms with Crippen molar-refractivity contribution in [3.63, 3.8) is 0 Å². The molecule has 0 saturated carbocycles. The largest absolute Gasteiger partial charge is 0.493 e. The van der Waals surface area contributed by atoms with Crippen LogP contribution in [-0.2, 0) is 27.8 Å². The molecule has 0 unspecified atom stereocenters. The van der Waals surface area contributed by atoms with Crippen LogP contribution in [-0.4, -0.2) is 51.7 Å². The van der Waals surface area contributed by atoms with Crippen LogP contribution in [0.4, 0.5) is 0 Å². The number of benzene rings is 3. The molecule has 2 aliphatic rings. The van der Waals surface area contributed by atoms with Gasteiger partial charge in [-0.1, -0.05) is 36.4 Å². The zero-order valence-corrected chi connectivity index (χ0v) is 21.7. The summed E-state index contributed by atoms with van der Waals surface area (Å²) in [4.78, 5) is 13.3. The molecular weight excluding hydrogens is 492 g/mol. The van der Waals surface area contributed by atoms with Gasteiger partial charge < -0.3 is 19.5 Å². The lowest BCUT2D eigenvalue weighted by molar-refractivity contribution is -0.121. The van der Waals surface area contributed by atoms with Crippen molar-refractivity contribution in [2.75, 3.05) is 33.1 Å².